The summed E-state index contributed by atoms with van der Waals surface area (Å²) in [6.07, 6.45) is 1.85. The van der Waals surface area contributed by atoms with Crippen molar-refractivity contribution in [3.05, 3.63) is 179 Å². The van der Waals surface area contributed by atoms with Crippen LogP contribution in [0.15, 0.2) is 138 Å². The Kier molecular flexibility index (Phi) is 12.9. The molecule has 3 heterocycles. The summed E-state index contributed by atoms with van der Waals surface area (Å²) < 4.78 is 8.57. The van der Waals surface area contributed by atoms with Gasteiger partial charge in [-0.05, 0) is 87.0 Å². The van der Waals surface area contributed by atoms with E-state index in [1.165, 1.54) is 33.5 Å². The van der Waals surface area contributed by atoms with Crippen LogP contribution in [-0.2, 0) is 20.1 Å². The molecule has 6 heteroatoms. The number of pyridine rings is 1. The average Bonchev–Trinajstić information content (AvgIpc) is 3.85. The van der Waals surface area contributed by atoms with E-state index in [1.54, 1.807) is 0 Å². The predicted octanol–water partition coefficient (Wildman–Crippen LogP) is 15.6. The number of benzene rings is 6. The molecule has 307 valence electrons. The van der Waals surface area contributed by atoms with Crippen LogP contribution in [0.3, 0.4) is 0 Å². The quantitative estimate of drug-likeness (QED) is 0.143. The molecular weight excluding hydrogens is 925 g/mol. The van der Waals surface area contributed by atoms with Gasteiger partial charge < -0.3 is 14.0 Å². The molecule has 0 unspecified atom stereocenters. The molecule has 0 N–H and O–H groups in total. The summed E-state index contributed by atoms with van der Waals surface area (Å²) in [5, 5.41) is 1.92. The van der Waals surface area contributed by atoms with Crippen molar-refractivity contribution in [2.75, 3.05) is 0 Å². The molecule has 0 atom stereocenters. The molecule has 0 aliphatic heterocycles. The van der Waals surface area contributed by atoms with E-state index in [-0.39, 0.29) is 20.1 Å². The van der Waals surface area contributed by atoms with Gasteiger partial charge in [0.05, 0.1) is 23.4 Å². The summed E-state index contributed by atoms with van der Waals surface area (Å²) in [4.78, 5) is 13.4. The van der Waals surface area contributed by atoms with Gasteiger partial charge in [0.2, 0.25) is 0 Å². The standard InChI is InChI=1S/C30H25N2O.C25H25N2.Ir/c1-18(2)22-10-8-11-23(19(3)4)29(22)20-13-14-32-27(15-20)26-17-21(31-5)16-25-24-9-6-7-12-28(24)33-30(25)26;1-17(2)20-13-10-14-21(18(3)4)24(20)27-23-16-9-8-15-22(23)26-25(27)19-11-6-5-7-12-19;/h6-16,18-19H,1-4H3;5-11,13-18H,1-4H3;/q2*-1;. The molecule has 0 fully saturated rings. The molecule has 61 heavy (non-hydrogen) atoms. The van der Waals surface area contributed by atoms with Gasteiger partial charge in [-0.25, -0.2) is 0 Å². The summed E-state index contributed by atoms with van der Waals surface area (Å²) in [7, 11) is 0. The van der Waals surface area contributed by atoms with E-state index in [2.05, 4.69) is 161 Å². The summed E-state index contributed by atoms with van der Waals surface area (Å²) in [5.74, 6) is 2.59. The van der Waals surface area contributed by atoms with Crippen LogP contribution >= 0.6 is 0 Å². The van der Waals surface area contributed by atoms with E-state index in [0.717, 1.165) is 61.2 Å². The molecule has 0 amide bonds. The molecule has 1 radical (unpaired) electrons. The van der Waals surface area contributed by atoms with Crippen molar-refractivity contribution in [3.63, 3.8) is 0 Å². The molecule has 0 saturated heterocycles. The van der Waals surface area contributed by atoms with Gasteiger partial charge in [-0.3, -0.25) is 9.83 Å². The van der Waals surface area contributed by atoms with Crippen molar-refractivity contribution >= 4 is 38.7 Å². The van der Waals surface area contributed by atoms with Gasteiger partial charge in [0.15, 0.2) is 0 Å². The number of furan rings is 1. The Morgan fingerprint density at radius 2 is 1.28 bits per heavy atom. The third-order valence-electron chi connectivity index (χ3n) is 11.3. The number of nitrogens with zero attached hydrogens (tertiary/aromatic N) is 4. The number of para-hydroxylation sites is 4. The van der Waals surface area contributed by atoms with Crippen molar-refractivity contribution in [3.8, 4) is 39.5 Å². The number of fused-ring (bicyclic) bond motifs is 4. The fraction of sp³-hybridized carbons (Fsp3) is 0.218. The Hall–Kier alpha value is -6.12. The first-order valence-corrected chi connectivity index (χ1v) is 21.0. The van der Waals surface area contributed by atoms with Crippen LogP contribution in [0.25, 0.3) is 77.3 Å². The monoisotopic (exact) mass is 975 g/mol. The molecule has 0 spiro atoms. The predicted molar refractivity (Wildman–Crippen MR) is 249 cm³/mol. The first-order valence-electron chi connectivity index (χ1n) is 21.0. The SMILES string of the molecule is CC(C)c1cccc(C(C)C)c1-n1c(-c2[c-]cccc2)nc2ccccc21.[C-]#[N+]c1[c-]c(-c2cc(-c3c(C(C)C)cccc3C(C)C)ccn2)c2oc3ccccc3c2c1.[Ir]. The maximum Gasteiger partial charge on any atom is 0.120 e. The smallest absolute Gasteiger partial charge is 0.120 e. The third kappa shape index (κ3) is 8.34. The number of hydrogen-bond acceptors (Lipinski definition) is 3. The van der Waals surface area contributed by atoms with Crippen LogP contribution in [0.5, 0.6) is 0 Å². The zero-order valence-electron chi connectivity index (χ0n) is 36.0. The summed E-state index contributed by atoms with van der Waals surface area (Å²) in [5.41, 5.74) is 15.6. The van der Waals surface area contributed by atoms with Gasteiger partial charge in [0.25, 0.3) is 0 Å². The Balaban J connectivity index is 0.000000185. The van der Waals surface area contributed by atoms with Crippen molar-refractivity contribution < 1.29 is 24.5 Å². The Morgan fingerprint density at radius 3 is 1.92 bits per heavy atom. The van der Waals surface area contributed by atoms with E-state index in [1.807, 2.05) is 54.7 Å². The van der Waals surface area contributed by atoms with E-state index >= 15 is 0 Å². The third-order valence-corrected chi connectivity index (χ3v) is 11.3. The van der Waals surface area contributed by atoms with Crippen LogP contribution < -0.4 is 0 Å². The van der Waals surface area contributed by atoms with E-state index < -0.39 is 0 Å². The maximum atomic E-state index is 7.61. The Labute approximate surface area is 373 Å². The first kappa shape index (κ1) is 43.0. The molecule has 0 bridgehead atoms. The molecule has 6 aromatic carbocycles. The van der Waals surface area contributed by atoms with Crippen molar-refractivity contribution in [2.24, 2.45) is 0 Å². The van der Waals surface area contributed by atoms with Gasteiger partial charge in [-0.15, -0.1) is 48.0 Å². The minimum atomic E-state index is 0. The normalized spacial score (nSPS) is 11.4. The molecule has 9 rings (SSSR count). The van der Waals surface area contributed by atoms with Crippen LogP contribution in [0, 0.1) is 18.7 Å². The first-order chi connectivity index (χ1) is 29.0. The maximum absolute atomic E-state index is 7.61. The molecule has 5 nitrogen and oxygen atoms in total. The zero-order valence-corrected chi connectivity index (χ0v) is 38.4. The summed E-state index contributed by atoms with van der Waals surface area (Å²) in [6.45, 7) is 25.6. The zero-order chi connectivity index (χ0) is 42.1. The summed E-state index contributed by atoms with van der Waals surface area (Å²) in [6, 6.07) is 50.3. The fourth-order valence-electron chi connectivity index (χ4n) is 8.34. The minimum Gasteiger partial charge on any atom is -0.501 e. The number of imidazole rings is 1. The Morgan fingerprint density at radius 1 is 0.656 bits per heavy atom. The van der Waals surface area contributed by atoms with E-state index in [9.17, 15) is 0 Å². The largest absolute Gasteiger partial charge is 0.501 e. The van der Waals surface area contributed by atoms with Crippen molar-refractivity contribution in [2.45, 2.75) is 79.1 Å². The molecule has 0 saturated carbocycles. The molecule has 0 aliphatic rings. The minimum absolute atomic E-state index is 0. The molecule has 0 aliphatic carbocycles. The van der Waals surface area contributed by atoms with Gasteiger partial charge in [0, 0.05) is 43.0 Å². The van der Waals surface area contributed by atoms with Gasteiger partial charge in [-0.1, -0.05) is 139 Å². The van der Waals surface area contributed by atoms with E-state index in [4.69, 9.17) is 16.0 Å². The van der Waals surface area contributed by atoms with E-state index in [0.29, 0.717) is 29.4 Å². The Bertz CT molecular complexity index is 2970. The second-order valence-electron chi connectivity index (χ2n) is 16.7. The van der Waals surface area contributed by atoms with Crippen LogP contribution in [0.2, 0.25) is 0 Å². The topological polar surface area (TPSA) is 48.2 Å². The van der Waals surface area contributed by atoms with Gasteiger partial charge in [0.1, 0.15) is 11.3 Å². The van der Waals surface area contributed by atoms with Crippen LogP contribution in [0.4, 0.5) is 5.69 Å². The van der Waals surface area contributed by atoms with Gasteiger partial charge >= 0.3 is 0 Å². The van der Waals surface area contributed by atoms with Crippen LogP contribution in [-0.4, -0.2) is 14.5 Å². The molecule has 9 aromatic rings. The van der Waals surface area contributed by atoms with Crippen LogP contribution in [0.1, 0.15) is 101 Å². The van der Waals surface area contributed by atoms with Crippen molar-refractivity contribution in [1.29, 1.82) is 0 Å². The average molecular weight is 975 g/mol. The molecule has 3 aromatic heterocycles. The number of aromatic nitrogens is 3. The van der Waals surface area contributed by atoms with Gasteiger partial charge in [-0.2, -0.15) is 0 Å². The number of rotatable bonds is 8. The molecular formula is C55H50IrN4O-2. The second-order valence-corrected chi connectivity index (χ2v) is 16.7. The van der Waals surface area contributed by atoms with Crippen molar-refractivity contribution in [1.82, 2.24) is 14.5 Å². The number of hydrogen-bond donors (Lipinski definition) is 0. The second kappa shape index (κ2) is 18.2. The fourth-order valence-corrected chi connectivity index (χ4v) is 8.34. The summed E-state index contributed by atoms with van der Waals surface area (Å²) >= 11 is 0.